The van der Waals surface area contributed by atoms with Crippen molar-refractivity contribution in [1.82, 2.24) is 0 Å². The monoisotopic (exact) mass is 336 g/mol. The van der Waals surface area contributed by atoms with E-state index in [2.05, 4.69) is 0 Å². The number of ketones is 1. The van der Waals surface area contributed by atoms with Crippen LogP contribution in [-0.2, 0) is 9.53 Å². The van der Waals surface area contributed by atoms with Crippen LogP contribution < -0.4 is 0 Å². The van der Waals surface area contributed by atoms with Gasteiger partial charge in [0.1, 0.15) is 6.10 Å². The minimum Gasteiger partial charge on any atom is -0.392 e. The highest BCUT2D eigenvalue weighted by Gasteiger charge is 2.63. The largest absolute Gasteiger partial charge is 0.392 e. The van der Waals surface area contributed by atoms with Crippen molar-refractivity contribution in [2.75, 3.05) is 6.61 Å². The lowest BCUT2D eigenvalue weighted by atomic mass is 9.50. The summed E-state index contributed by atoms with van der Waals surface area (Å²) in [6.45, 7) is 6.22. The van der Waals surface area contributed by atoms with Crippen molar-refractivity contribution in [3.63, 3.8) is 0 Å². The van der Waals surface area contributed by atoms with Gasteiger partial charge in [0, 0.05) is 18.3 Å². The average molecular weight is 336 g/mol. The Hall–Kier alpha value is -0.750. The lowest BCUT2D eigenvalue weighted by molar-refractivity contribution is -0.237. The molecule has 3 N–H and O–H groups in total. The van der Waals surface area contributed by atoms with Gasteiger partial charge in [-0.1, -0.05) is 12.5 Å². The van der Waals surface area contributed by atoms with Crippen LogP contribution in [0.25, 0.3) is 0 Å². The van der Waals surface area contributed by atoms with E-state index < -0.39 is 23.2 Å². The molecule has 1 aliphatic heterocycles. The topological polar surface area (TPSA) is 87.0 Å². The van der Waals surface area contributed by atoms with Gasteiger partial charge in [-0.3, -0.25) is 4.79 Å². The first-order valence-corrected chi connectivity index (χ1v) is 9.14. The van der Waals surface area contributed by atoms with Gasteiger partial charge >= 0.3 is 0 Å². The molecule has 0 spiro atoms. The van der Waals surface area contributed by atoms with Crippen LogP contribution in [0.15, 0.2) is 11.1 Å². The summed E-state index contributed by atoms with van der Waals surface area (Å²) in [6.07, 6.45) is 0.171. The molecule has 8 atom stereocenters. The first kappa shape index (κ1) is 16.7. The van der Waals surface area contributed by atoms with E-state index in [1.54, 1.807) is 6.92 Å². The van der Waals surface area contributed by atoms with Crippen molar-refractivity contribution in [3.05, 3.63) is 11.1 Å². The van der Waals surface area contributed by atoms with Crippen LogP contribution in [0, 0.1) is 23.2 Å². The molecule has 3 aliphatic carbocycles. The molecule has 1 heterocycles. The highest BCUT2D eigenvalue weighted by Crippen LogP contribution is 2.57. The molecule has 5 nitrogen and oxygen atoms in total. The van der Waals surface area contributed by atoms with Gasteiger partial charge in [-0.05, 0) is 44.6 Å². The normalized spacial score (nSPS) is 54.3. The summed E-state index contributed by atoms with van der Waals surface area (Å²) in [5.41, 5.74) is -0.279. The molecule has 4 rings (SSSR count). The van der Waals surface area contributed by atoms with Gasteiger partial charge in [-0.25, -0.2) is 0 Å². The molecule has 2 saturated carbocycles. The molecular weight excluding hydrogens is 308 g/mol. The number of carbonyl (C=O) groups is 1. The number of carbonyl (C=O) groups excluding carboxylic acids is 1. The van der Waals surface area contributed by atoms with Gasteiger partial charge in [0.15, 0.2) is 5.78 Å². The maximum Gasteiger partial charge on any atom is 0.174 e. The minimum atomic E-state index is -1.23. The predicted octanol–water partition coefficient (Wildman–Crippen LogP) is 1.20. The second-order valence-electron chi connectivity index (χ2n) is 8.71. The molecule has 1 saturated heterocycles. The Morgan fingerprint density at radius 2 is 2.00 bits per heavy atom. The number of aliphatic hydroxyl groups is 3. The van der Waals surface area contributed by atoms with Crippen LogP contribution in [0.4, 0.5) is 0 Å². The van der Waals surface area contributed by atoms with Crippen molar-refractivity contribution in [2.45, 2.75) is 70.4 Å². The van der Waals surface area contributed by atoms with Gasteiger partial charge in [0.05, 0.1) is 29.8 Å². The maximum atomic E-state index is 13.3. The van der Waals surface area contributed by atoms with Crippen LogP contribution in [0.3, 0.4) is 0 Å². The number of hydrogen-bond acceptors (Lipinski definition) is 5. The Bertz CT molecular complexity index is 613. The van der Waals surface area contributed by atoms with E-state index in [1.807, 2.05) is 13.8 Å². The minimum absolute atomic E-state index is 0.0262. The Morgan fingerprint density at radius 3 is 2.62 bits per heavy atom. The molecule has 0 aromatic carbocycles. The molecular formula is C19H28O5. The van der Waals surface area contributed by atoms with E-state index in [1.165, 1.54) is 0 Å². The highest BCUT2D eigenvalue weighted by molar-refractivity contribution is 5.92. The fourth-order valence-corrected chi connectivity index (χ4v) is 5.82. The van der Waals surface area contributed by atoms with Crippen molar-refractivity contribution < 1.29 is 24.9 Å². The number of ether oxygens (including phenoxy) is 1. The Morgan fingerprint density at radius 1 is 1.29 bits per heavy atom. The summed E-state index contributed by atoms with van der Waals surface area (Å²) in [6, 6.07) is 0. The second-order valence-corrected chi connectivity index (χ2v) is 8.71. The summed E-state index contributed by atoms with van der Waals surface area (Å²) < 4.78 is 5.59. The molecule has 5 heteroatoms. The van der Waals surface area contributed by atoms with Crippen LogP contribution in [-0.4, -0.2) is 51.6 Å². The van der Waals surface area contributed by atoms with E-state index in [4.69, 9.17) is 4.74 Å². The molecule has 134 valence electrons. The molecule has 24 heavy (non-hydrogen) atoms. The number of Topliss-reactive ketones (excluding diaryl/α,β-unsaturated/α-hetero) is 1. The average Bonchev–Trinajstić information content (AvgIpc) is 2.51. The Kier molecular flexibility index (Phi) is 3.57. The highest BCUT2D eigenvalue weighted by atomic mass is 16.5. The summed E-state index contributed by atoms with van der Waals surface area (Å²) in [4.78, 5) is 13.3. The number of fused-ring (bicyclic) bond motifs is 5. The number of aliphatic hydroxyl groups excluding tert-OH is 2. The van der Waals surface area contributed by atoms with Gasteiger partial charge in [-0.15, -0.1) is 0 Å². The summed E-state index contributed by atoms with van der Waals surface area (Å²) in [5, 5.41) is 33.0. The van der Waals surface area contributed by atoms with Crippen LogP contribution >= 0.6 is 0 Å². The third-order valence-corrected chi connectivity index (χ3v) is 7.76. The molecule has 0 aromatic heterocycles. The Labute approximate surface area is 142 Å². The van der Waals surface area contributed by atoms with Crippen LogP contribution in [0.5, 0.6) is 0 Å². The first-order chi connectivity index (χ1) is 11.2. The van der Waals surface area contributed by atoms with E-state index in [0.717, 1.165) is 5.57 Å². The molecule has 2 bridgehead atoms. The fourth-order valence-electron chi connectivity index (χ4n) is 5.82. The number of hydrogen-bond donors (Lipinski definition) is 3. The van der Waals surface area contributed by atoms with Crippen molar-refractivity contribution in [3.8, 4) is 0 Å². The molecule has 1 unspecified atom stereocenters. The van der Waals surface area contributed by atoms with E-state index >= 15 is 0 Å². The smallest absolute Gasteiger partial charge is 0.174 e. The van der Waals surface area contributed by atoms with E-state index in [0.29, 0.717) is 37.9 Å². The zero-order chi connectivity index (χ0) is 17.4. The standard InChI is InChI=1S/C19H28O5/c1-9-4-5-19(23)7-12-11-8-24-13(11)6-14(20)18(12,3)17(22)16(21)15(9)10(19)2/h10-14,16,20-21,23H,4-8H2,1-3H3/t10-,11+,12?,13-,14+,16-,18+,19-/m1/s1. The van der Waals surface area contributed by atoms with Crippen molar-refractivity contribution in [2.24, 2.45) is 23.2 Å². The molecule has 0 amide bonds. The first-order valence-electron chi connectivity index (χ1n) is 9.14. The third kappa shape index (κ3) is 1.93. The van der Waals surface area contributed by atoms with Crippen LogP contribution in [0.2, 0.25) is 0 Å². The summed E-state index contributed by atoms with van der Waals surface area (Å²) >= 11 is 0. The SMILES string of the molecule is CC1=C2[C@@H](O)C(=O)[C@@]3(C)C(C[C@](O)(CC1)[C@@H]2C)[C@@H]1CO[C@@H]1C[C@@H]3O. The quantitative estimate of drug-likeness (QED) is 0.579. The van der Waals surface area contributed by atoms with Crippen LogP contribution in [0.1, 0.15) is 46.5 Å². The lowest BCUT2D eigenvalue weighted by Gasteiger charge is -2.59. The molecule has 0 aromatic rings. The van der Waals surface area contributed by atoms with Gasteiger partial charge < -0.3 is 20.1 Å². The zero-order valence-electron chi connectivity index (χ0n) is 14.7. The van der Waals surface area contributed by atoms with Crippen molar-refractivity contribution in [1.29, 1.82) is 0 Å². The summed E-state index contributed by atoms with van der Waals surface area (Å²) in [5.74, 6) is -0.502. The summed E-state index contributed by atoms with van der Waals surface area (Å²) in [7, 11) is 0. The van der Waals surface area contributed by atoms with Gasteiger partial charge in [-0.2, -0.15) is 0 Å². The van der Waals surface area contributed by atoms with Gasteiger partial charge in [0.25, 0.3) is 0 Å². The number of allylic oxidation sites excluding steroid dienone is 1. The van der Waals surface area contributed by atoms with Gasteiger partial charge in [0.2, 0.25) is 0 Å². The van der Waals surface area contributed by atoms with E-state index in [-0.39, 0.29) is 29.6 Å². The van der Waals surface area contributed by atoms with Crippen molar-refractivity contribution >= 4 is 5.78 Å². The molecule has 0 radical (unpaired) electrons. The predicted molar refractivity (Wildman–Crippen MR) is 87.1 cm³/mol. The molecule has 3 fully saturated rings. The third-order valence-electron chi connectivity index (χ3n) is 7.76. The number of rotatable bonds is 0. The Balaban J connectivity index is 1.86. The molecule has 4 aliphatic rings. The fraction of sp³-hybridized carbons (Fsp3) is 0.842. The maximum absolute atomic E-state index is 13.3. The lowest BCUT2D eigenvalue weighted by Crippen LogP contribution is -2.67. The second kappa shape index (κ2) is 5.13. The zero-order valence-corrected chi connectivity index (χ0v) is 14.7. The van der Waals surface area contributed by atoms with E-state index in [9.17, 15) is 20.1 Å².